The maximum atomic E-state index is 13.3. The number of benzene rings is 3. The predicted molar refractivity (Wildman–Crippen MR) is 114 cm³/mol. The minimum atomic E-state index is -0.871. The lowest BCUT2D eigenvalue weighted by Gasteiger charge is -2.26. The Hall–Kier alpha value is -4.46. The van der Waals surface area contributed by atoms with Crippen LogP contribution in [0.5, 0.6) is 11.5 Å². The lowest BCUT2D eigenvalue weighted by atomic mass is 10.1. The normalized spacial score (nSPS) is 15.1. The topological polar surface area (TPSA) is 95.9 Å². The lowest BCUT2D eigenvalue weighted by molar-refractivity contribution is -0.122. The Balaban J connectivity index is 1.51. The quantitative estimate of drug-likeness (QED) is 0.473. The first kappa shape index (κ1) is 20.8. The van der Waals surface area contributed by atoms with Crippen LogP contribution in [0.25, 0.3) is 6.08 Å². The van der Waals surface area contributed by atoms with Crippen molar-refractivity contribution in [3.05, 3.63) is 95.3 Å². The summed E-state index contributed by atoms with van der Waals surface area (Å²) in [5.41, 5.74) is 1.22. The Bertz CT molecular complexity index is 1220. The van der Waals surface area contributed by atoms with E-state index in [9.17, 15) is 23.9 Å². The third kappa shape index (κ3) is 4.49. The Morgan fingerprint density at radius 2 is 1.69 bits per heavy atom. The fourth-order valence-electron chi connectivity index (χ4n) is 3.11. The minimum absolute atomic E-state index is 0.0230. The molecule has 0 bridgehead atoms. The van der Waals surface area contributed by atoms with E-state index in [1.165, 1.54) is 42.5 Å². The van der Waals surface area contributed by atoms with Gasteiger partial charge in [-0.2, -0.15) is 0 Å². The van der Waals surface area contributed by atoms with Crippen LogP contribution in [0.4, 0.5) is 14.9 Å². The van der Waals surface area contributed by atoms with Gasteiger partial charge in [0, 0.05) is 0 Å². The number of hydrogen-bond acceptors (Lipinski definition) is 5. The highest BCUT2D eigenvalue weighted by Gasteiger charge is 2.36. The van der Waals surface area contributed by atoms with Crippen LogP contribution in [0.3, 0.4) is 0 Å². The van der Waals surface area contributed by atoms with Gasteiger partial charge in [0.2, 0.25) is 0 Å². The molecule has 0 aliphatic carbocycles. The van der Waals surface area contributed by atoms with Gasteiger partial charge in [-0.3, -0.25) is 14.9 Å². The van der Waals surface area contributed by atoms with Gasteiger partial charge >= 0.3 is 6.03 Å². The van der Waals surface area contributed by atoms with Crippen molar-refractivity contribution < 1.29 is 28.6 Å². The first-order chi connectivity index (χ1) is 15.4. The highest BCUT2D eigenvalue weighted by atomic mass is 19.1. The number of phenols is 1. The summed E-state index contributed by atoms with van der Waals surface area (Å²) in [4.78, 5) is 38.1. The summed E-state index contributed by atoms with van der Waals surface area (Å²) in [7, 11) is 0. The van der Waals surface area contributed by atoms with Gasteiger partial charge in [0.05, 0.1) is 5.69 Å². The number of ether oxygens (including phenoxy) is 1. The molecule has 2 N–H and O–H groups in total. The third-order valence-electron chi connectivity index (χ3n) is 4.70. The van der Waals surface area contributed by atoms with Crippen LogP contribution in [-0.4, -0.2) is 23.0 Å². The molecule has 3 aromatic carbocycles. The Morgan fingerprint density at radius 1 is 0.969 bits per heavy atom. The molecule has 0 spiro atoms. The summed E-state index contributed by atoms with van der Waals surface area (Å²) >= 11 is 0. The smallest absolute Gasteiger partial charge is 0.335 e. The average molecular weight is 432 g/mol. The van der Waals surface area contributed by atoms with Gasteiger partial charge in [0.25, 0.3) is 11.8 Å². The van der Waals surface area contributed by atoms with E-state index in [0.29, 0.717) is 16.9 Å². The molecule has 0 atom stereocenters. The molecule has 0 saturated carbocycles. The molecule has 0 radical (unpaired) electrons. The summed E-state index contributed by atoms with van der Waals surface area (Å²) in [6, 6.07) is 17.3. The highest BCUT2D eigenvalue weighted by Crippen LogP contribution is 2.24. The number of urea groups is 1. The predicted octanol–water partition coefficient (Wildman–Crippen LogP) is 3.78. The van der Waals surface area contributed by atoms with Gasteiger partial charge < -0.3 is 9.84 Å². The summed E-state index contributed by atoms with van der Waals surface area (Å²) in [5, 5.41) is 11.6. The number of nitrogens with one attached hydrogen (secondary N) is 1. The van der Waals surface area contributed by atoms with E-state index in [-0.39, 0.29) is 29.4 Å². The van der Waals surface area contributed by atoms with Crippen molar-refractivity contribution in [3.8, 4) is 11.5 Å². The van der Waals surface area contributed by atoms with Crippen molar-refractivity contribution >= 4 is 29.6 Å². The van der Waals surface area contributed by atoms with Crippen LogP contribution in [0.15, 0.2) is 78.4 Å². The van der Waals surface area contributed by atoms with Crippen LogP contribution in [-0.2, 0) is 16.2 Å². The molecule has 1 fully saturated rings. The highest BCUT2D eigenvalue weighted by molar-refractivity contribution is 6.39. The van der Waals surface area contributed by atoms with E-state index >= 15 is 0 Å². The summed E-state index contributed by atoms with van der Waals surface area (Å²) in [6.45, 7) is 0.183. The minimum Gasteiger partial charge on any atom is -0.508 e. The Morgan fingerprint density at radius 3 is 2.38 bits per heavy atom. The van der Waals surface area contributed by atoms with Crippen molar-refractivity contribution in [2.45, 2.75) is 6.61 Å². The molecular weight excluding hydrogens is 415 g/mol. The van der Waals surface area contributed by atoms with E-state index in [2.05, 4.69) is 5.32 Å². The van der Waals surface area contributed by atoms with E-state index in [0.717, 1.165) is 4.90 Å². The molecule has 1 aliphatic heterocycles. The molecule has 160 valence electrons. The largest absolute Gasteiger partial charge is 0.508 e. The molecule has 1 aliphatic rings. The fraction of sp³-hybridized carbons (Fsp3) is 0.0417. The van der Waals surface area contributed by atoms with Crippen molar-refractivity contribution in [1.29, 1.82) is 0 Å². The van der Waals surface area contributed by atoms with Crippen LogP contribution in [0.2, 0.25) is 0 Å². The number of carbonyl (C=O) groups excluding carboxylic acids is 3. The zero-order valence-corrected chi connectivity index (χ0v) is 16.6. The molecule has 32 heavy (non-hydrogen) atoms. The fourth-order valence-corrected chi connectivity index (χ4v) is 3.11. The van der Waals surface area contributed by atoms with E-state index in [1.54, 1.807) is 36.4 Å². The SMILES string of the molecule is O=C1NC(=O)N(c2ccc(O)cc2)C(=O)/C1=C/c1ccc(OCc2cccc(F)c2)cc1. The summed E-state index contributed by atoms with van der Waals surface area (Å²) in [6.07, 6.45) is 1.37. The molecule has 4 amide bonds. The third-order valence-corrected chi connectivity index (χ3v) is 4.70. The van der Waals surface area contributed by atoms with Gasteiger partial charge in [-0.15, -0.1) is 0 Å². The van der Waals surface area contributed by atoms with Gasteiger partial charge in [-0.1, -0.05) is 24.3 Å². The zero-order chi connectivity index (χ0) is 22.7. The van der Waals surface area contributed by atoms with Crippen LogP contribution < -0.4 is 15.0 Å². The van der Waals surface area contributed by atoms with Crippen molar-refractivity contribution in [2.75, 3.05) is 4.90 Å². The second-order valence-electron chi connectivity index (χ2n) is 6.96. The summed E-state index contributed by atoms with van der Waals surface area (Å²) < 4.78 is 18.9. The van der Waals surface area contributed by atoms with Crippen LogP contribution in [0, 0.1) is 5.82 Å². The molecular formula is C24H17FN2O5. The maximum Gasteiger partial charge on any atom is 0.335 e. The number of rotatable bonds is 5. The molecule has 1 saturated heterocycles. The van der Waals surface area contributed by atoms with Gasteiger partial charge in [0.1, 0.15) is 29.5 Å². The molecule has 7 nitrogen and oxygen atoms in total. The van der Waals surface area contributed by atoms with Crippen molar-refractivity contribution in [3.63, 3.8) is 0 Å². The molecule has 4 rings (SSSR count). The number of nitrogens with zero attached hydrogens (tertiary/aromatic N) is 1. The zero-order valence-electron chi connectivity index (χ0n) is 16.6. The van der Waals surface area contributed by atoms with Gasteiger partial charge in [-0.05, 0) is 65.7 Å². The van der Waals surface area contributed by atoms with E-state index in [4.69, 9.17) is 4.74 Å². The maximum absolute atomic E-state index is 13.3. The molecule has 0 aromatic heterocycles. The second-order valence-corrected chi connectivity index (χ2v) is 6.96. The number of imide groups is 2. The van der Waals surface area contributed by atoms with Crippen LogP contribution >= 0.6 is 0 Å². The monoisotopic (exact) mass is 432 g/mol. The van der Waals surface area contributed by atoms with E-state index in [1.807, 2.05) is 0 Å². The number of phenolic OH excluding ortho intramolecular Hbond substituents is 1. The van der Waals surface area contributed by atoms with E-state index < -0.39 is 17.8 Å². The van der Waals surface area contributed by atoms with Crippen molar-refractivity contribution in [2.24, 2.45) is 0 Å². The summed E-state index contributed by atoms with van der Waals surface area (Å²) in [5.74, 6) is -1.43. The molecule has 1 heterocycles. The number of aromatic hydroxyl groups is 1. The number of halogens is 1. The Labute approximate surface area is 182 Å². The number of carbonyl (C=O) groups is 3. The standard InChI is InChI=1S/C24H17FN2O5/c25-17-3-1-2-16(12-17)14-32-20-10-4-15(5-11-20)13-21-22(29)26-24(31)27(23(21)30)18-6-8-19(28)9-7-18/h1-13,28H,14H2,(H,26,29,31)/b21-13+. The lowest BCUT2D eigenvalue weighted by Crippen LogP contribution is -2.54. The average Bonchev–Trinajstić information content (AvgIpc) is 2.77. The first-order valence-corrected chi connectivity index (χ1v) is 9.58. The number of hydrogen-bond donors (Lipinski definition) is 2. The Kier molecular flexibility index (Phi) is 5.67. The van der Waals surface area contributed by atoms with Gasteiger partial charge in [-0.25, -0.2) is 14.1 Å². The number of amides is 4. The molecule has 3 aromatic rings. The molecule has 8 heteroatoms. The molecule has 0 unspecified atom stereocenters. The van der Waals surface area contributed by atoms with Crippen molar-refractivity contribution in [1.82, 2.24) is 5.32 Å². The number of barbiturate groups is 1. The second kappa shape index (κ2) is 8.73. The van der Waals surface area contributed by atoms with Gasteiger partial charge in [0.15, 0.2) is 0 Å². The number of anilines is 1. The first-order valence-electron chi connectivity index (χ1n) is 9.58. The van der Waals surface area contributed by atoms with Crippen LogP contribution in [0.1, 0.15) is 11.1 Å².